The van der Waals surface area contributed by atoms with E-state index < -0.39 is 0 Å². The molecule has 4 heteroatoms. The number of carbonyl (C=O) groups is 1. The average Bonchev–Trinajstić information content (AvgIpc) is 3.23. The second-order valence-electron chi connectivity index (χ2n) is 8.12. The summed E-state index contributed by atoms with van der Waals surface area (Å²) < 4.78 is 1.11. The molecule has 0 spiro atoms. The van der Waals surface area contributed by atoms with Gasteiger partial charge in [0.2, 0.25) is 5.91 Å². The molecule has 4 rings (SSSR count). The Morgan fingerprint density at radius 1 is 1.11 bits per heavy atom. The van der Waals surface area contributed by atoms with Gasteiger partial charge < -0.3 is 10.2 Å². The topological polar surface area (TPSA) is 32.3 Å². The second-order valence-corrected chi connectivity index (χ2v) is 8.97. The maximum atomic E-state index is 13.6. The molecular weight excluding hydrogens is 412 g/mol. The minimum atomic E-state index is 0.0287. The maximum Gasteiger partial charge on any atom is 0.227 e. The summed E-state index contributed by atoms with van der Waals surface area (Å²) in [5.41, 5.74) is 2.67. The predicted molar refractivity (Wildman–Crippen MR) is 117 cm³/mol. The first-order valence-electron chi connectivity index (χ1n) is 10.5. The van der Waals surface area contributed by atoms with E-state index in [0.29, 0.717) is 17.9 Å². The number of carbonyl (C=O) groups excluding carboxylic acids is 1. The van der Waals surface area contributed by atoms with Crippen LogP contribution in [0.15, 0.2) is 59.1 Å². The van der Waals surface area contributed by atoms with Crippen molar-refractivity contribution >= 4 is 21.8 Å². The summed E-state index contributed by atoms with van der Waals surface area (Å²) in [5.74, 6) is 1.17. The van der Waals surface area contributed by atoms with Gasteiger partial charge in [-0.2, -0.15) is 0 Å². The first-order valence-corrected chi connectivity index (χ1v) is 11.3. The first-order chi connectivity index (χ1) is 13.7. The van der Waals surface area contributed by atoms with E-state index in [-0.39, 0.29) is 11.8 Å². The fourth-order valence-corrected chi connectivity index (χ4v) is 5.59. The lowest BCUT2D eigenvalue weighted by atomic mass is 9.82. The van der Waals surface area contributed by atoms with Gasteiger partial charge in [0, 0.05) is 36.1 Å². The van der Waals surface area contributed by atoms with Gasteiger partial charge in [0.05, 0.1) is 5.92 Å². The lowest BCUT2D eigenvalue weighted by Crippen LogP contribution is -2.49. The number of rotatable bonds is 4. The number of amides is 1. The highest BCUT2D eigenvalue weighted by molar-refractivity contribution is 9.10. The van der Waals surface area contributed by atoms with Gasteiger partial charge in [-0.15, -0.1) is 0 Å². The zero-order valence-corrected chi connectivity index (χ0v) is 18.1. The maximum absolute atomic E-state index is 13.6. The molecule has 4 atom stereocenters. The van der Waals surface area contributed by atoms with Crippen molar-refractivity contribution < 1.29 is 4.79 Å². The molecule has 148 valence electrons. The zero-order valence-electron chi connectivity index (χ0n) is 16.5. The summed E-state index contributed by atoms with van der Waals surface area (Å²) >= 11 is 3.69. The third-order valence-electron chi connectivity index (χ3n) is 6.58. The van der Waals surface area contributed by atoms with Gasteiger partial charge in [0.25, 0.3) is 0 Å². The highest BCUT2D eigenvalue weighted by Gasteiger charge is 2.40. The van der Waals surface area contributed by atoms with Crippen molar-refractivity contribution in [2.24, 2.45) is 5.92 Å². The van der Waals surface area contributed by atoms with Crippen LogP contribution in [0.25, 0.3) is 0 Å². The fourth-order valence-electron chi connectivity index (χ4n) is 5.01. The van der Waals surface area contributed by atoms with Crippen molar-refractivity contribution in [3.8, 4) is 0 Å². The van der Waals surface area contributed by atoms with E-state index in [1.165, 1.54) is 11.1 Å². The van der Waals surface area contributed by atoms with E-state index in [1.807, 2.05) is 6.07 Å². The van der Waals surface area contributed by atoms with Gasteiger partial charge in [-0.25, -0.2) is 0 Å². The SMILES string of the molecule is CCC1CC(c2ccccc2)CCN1C(=O)[C@@H]1CNC[C@H]1c1ccccc1Br. The number of nitrogens with one attached hydrogen (secondary N) is 1. The van der Waals surface area contributed by atoms with Gasteiger partial charge in [0.1, 0.15) is 0 Å². The van der Waals surface area contributed by atoms with Crippen molar-refractivity contribution in [2.75, 3.05) is 19.6 Å². The van der Waals surface area contributed by atoms with Gasteiger partial charge in [-0.1, -0.05) is 71.4 Å². The molecule has 2 aromatic rings. The van der Waals surface area contributed by atoms with Crippen LogP contribution >= 0.6 is 15.9 Å². The molecule has 2 aliphatic rings. The van der Waals surface area contributed by atoms with E-state index in [1.54, 1.807) is 0 Å². The van der Waals surface area contributed by atoms with Gasteiger partial charge in [0.15, 0.2) is 0 Å². The molecule has 0 aromatic heterocycles. The molecule has 2 aliphatic heterocycles. The number of nitrogens with zero attached hydrogens (tertiary/aromatic N) is 1. The van der Waals surface area contributed by atoms with Crippen molar-refractivity contribution in [3.63, 3.8) is 0 Å². The average molecular weight is 441 g/mol. The second kappa shape index (κ2) is 8.79. The molecule has 0 radical (unpaired) electrons. The number of halogens is 1. The largest absolute Gasteiger partial charge is 0.339 e. The van der Waals surface area contributed by atoms with Crippen LogP contribution < -0.4 is 5.32 Å². The quantitative estimate of drug-likeness (QED) is 0.729. The van der Waals surface area contributed by atoms with E-state index in [9.17, 15) is 4.79 Å². The Kier molecular flexibility index (Phi) is 6.17. The van der Waals surface area contributed by atoms with E-state index in [0.717, 1.165) is 43.4 Å². The molecule has 0 saturated carbocycles. The summed E-state index contributed by atoms with van der Waals surface area (Å²) in [7, 11) is 0. The molecule has 2 unspecified atom stereocenters. The predicted octanol–water partition coefficient (Wildman–Crippen LogP) is 4.94. The van der Waals surface area contributed by atoms with Crippen molar-refractivity contribution in [2.45, 2.75) is 44.1 Å². The van der Waals surface area contributed by atoms with Crippen LogP contribution in [-0.4, -0.2) is 36.5 Å². The van der Waals surface area contributed by atoms with Crippen molar-refractivity contribution in [1.29, 1.82) is 0 Å². The molecule has 1 N–H and O–H groups in total. The van der Waals surface area contributed by atoms with Gasteiger partial charge in [-0.3, -0.25) is 4.79 Å². The molecule has 0 bridgehead atoms. The molecule has 2 heterocycles. The van der Waals surface area contributed by atoms with Crippen LogP contribution in [0.4, 0.5) is 0 Å². The number of hydrogen-bond donors (Lipinski definition) is 1. The van der Waals surface area contributed by atoms with Gasteiger partial charge in [-0.05, 0) is 42.4 Å². The monoisotopic (exact) mass is 440 g/mol. The molecule has 1 amide bonds. The number of hydrogen-bond acceptors (Lipinski definition) is 2. The third-order valence-corrected chi connectivity index (χ3v) is 7.30. The molecule has 3 nitrogen and oxygen atoms in total. The summed E-state index contributed by atoms with van der Waals surface area (Å²) in [6.45, 7) is 4.74. The molecule has 0 aliphatic carbocycles. The van der Waals surface area contributed by atoms with Crippen LogP contribution in [0.5, 0.6) is 0 Å². The highest BCUT2D eigenvalue weighted by Crippen LogP contribution is 2.38. The Morgan fingerprint density at radius 2 is 1.86 bits per heavy atom. The lowest BCUT2D eigenvalue weighted by Gasteiger charge is -2.41. The highest BCUT2D eigenvalue weighted by atomic mass is 79.9. The normalized spacial score (nSPS) is 27.7. The minimum Gasteiger partial charge on any atom is -0.339 e. The van der Waals surface area contributed by atoms with Crippen LogP contribution in [0, 0.1) is 5.92 Å². The Balaban J connectivity index is 1.50. The molecule has 2 fully saturated rings. The summed E-state index contributed by atoms with van der Waals surface area (Å²) in [5, 5.41) is 3.47. The number of benzene rings is 2. The molecule has 2 aromatic carbocycles. The molecule has 2 saturated heterocycles. The summed E-state index contributed by atoms with van der Waals surface area (Å²) in [6, 6.07) is 19.5. The Morgan fingerprint density at radius 3 is 2.61 bits per heavy atom. The molecular formula is C24H29BrN2O. The van der Waals surface area contributed by atoms with E-state index in [4.69, 9.17) is 0 Å². The van der Waals surface area contributed by atoms with Crippen molar-refractivity contribution in [1.82, 2.24) is 10.2 Å². The van der Waals surface area contributed by atoms with Crippen LogP contribution in [-0.2, 0) is 4.79 Å². The number of likely N-dealkylation sites (tertiary alicyclic amines) is 1. The Labute approximate surface area is 176 Å². The summed E-state index contributed by atoms with van der Waals surface area (Å²) in [4.78, 5) is 15.8. The fraction of sp³-hybridized carbons (Fsp3) is 0.458. The van der Waals surface area contributed by atoms with Crippen molar-refractivity contribution in [3.05, 3.63) is 70.2 Å². The van der Waals surface area contributed by atoms with E-state index >= 15 is 0 Å². The van der Waals surface area contributed by atoms with Crippen LogP contribution in [0.3, 0.4) is 0 Å². The first kappa shape index (κ1) is 19.7. The number of piperidine rings is 1. The third kappa shape index (κ3) is 3.90. The van der Waals surface area contributed by atoms with Crippen LogP contribution in [0.1, 0.15) is 49.1 Å². The lowest BCUT2D eigenvalue weighted by molar-refractivity contribution is -0.139. The Bertz CT molecular complexity index is 809. The minimum absolute atomic E-state index is 0.0287. The summed E-state index contributed by atoms with van der Waals surface area (Å²) in [6.07, 6.45) is 3.16. The van der Waals surface area contributed by atoms with E-state index in [2.05, 4.69) is 81.6 Å². The zero-order chi connectivity index (χ0) is 19.5. The standard InChI is InChI=1S/C24H29BrN2O/c1-2-19-14-18(17-8-4-3-5-9-17)12-13-27(19)24(28)22-16-26-15-21(22)20-10-6-7-11-23(20)25/h3-11,18-19,21-22,26H,2,12-16H2,1H3/t18?,19?,21-,22+/m0/s1. The smallest absolute Gasteiger partial charge is 0.227 e. The van der Waals surface area contributed by atoms with Crippen LogP contribution in [0.2, 0.25) is 0 Å². The molecule has 28 heavy (non-hydrogen) atoms. The van der Waals surface area contributed by atoms with Gasteiger partial charge >= 0.3 is 0 Å². The Hall–Kier alpha value is -1.65.